The maximum Gasteiger partial charge on any atom is 0.0436 e. The lowest BCUT2D eigenvalue weighted by molar-refractivity contribution is 1.66. The molecule has 32 valence electrons. The Balaban J connectivity index is 2.54. The summed E-state index contributed by atoms with van der Waals surface area (Å²) in [7, 11) is 0. The van der Waals surface area contributed by atoms with E-state index in [1.54, 1.807) is 6.42 Å². The van der Waals surface area contributed by atoms with Crippen LogP contribution in [0.3, 0.4) is 0 Å². The summed E-state index contributed by atoms with van der Waals surface area (Å²) in [6.45, 7) is 0. The zero-order valence-electron chi connectivity index (χ0n) is 3.48. The Kier molecular flexibility index (Phi) is 4.84. The monoisotopic (exact) mass is 98.0 g/mol. The minimum Gasteiger partial charge on any atom is -0.160 e. The Labute approximate surface area is 43.3 Å². The molecule has 0 atom stereocenters. The molecule has 0 saturated carbocycles. The van der Waals surface area contributed by atoms with Gasteiger partial charge in [0.1, 0.15) is 0 Å². The van der Waals surface area contributed by atoms with Gasteiger partial charge < -0.3 is 0 Å². The molecule has 0 fully saturated rings. The molecule has 0 rings (SSSR count). The molecule has 0 heterocycles. The molecule has 6 heavy (non-hydrogen) atoms. The fraction of sp³-hybridized carbons (Fsp3) is 0.200. The van der Waals surface area contributed by atoms with Crippen LogP contribution in [0.25, 0.3) is 0 Å². The summed E-state index contributed by atoms with van der Waals surface area (Å²) in [6.07, 6.45) is 10.1. The van der Waals surface area contributed by atoms with Crippen molar-refractivity contribution in [2.24, 2.45) is 0 Å². The number of rotatable bonds is 2. The van der Waals surface area contributed by atoms with Gasteiger partial charge in [0.05, 0.1) is 0 Å². The van der Waals surface area contributed by atoms with Crippen molar-refractivity contribution in [1.82, 2.24) is 0 Å². The fourth-order valence-corrected chi connectivity index (χ4v) is 0.321. The SMILES string of the molecule is C#C[CH]CS[CH2]. The van der Waals surface area contributed by atoms with Crippen molar-refractivity contribution >= 4 is 11.8 Å². The molecule has 0 nitrogen and oxygen atoms in total. The normalized spacial score (nSPS) is 7.33. The van der Waals surface area contributed by atoms with Gasteiger partial charge in [0.25, 0.3) is 0 Å². The van der Waals surface area contributed by atoms with E-state index in [-0.39, 0.29) is 0 Å². The summed E-state index contributed by atoms with van der Waals surface area (Å²) < 4.78 is 0. The first-order chi connectivity index (χ1) is 2.91. The van der Waals surface area contributed by atoms with Crippen molar-refractivity contribution in [2.75, 3.05) is 5.75 Å². The van der Waals surface area contributed by atoms with Crippen LogP contribution in [0.15, 0.2) is 0 Å². The first kappa shape index (κ1) is 5.91. The van der Waals surface area contributed by atoms with Gasteiger partial charge in [-0.05, 0) is 0 Å². The summed E-state index contributed by atoms with van der Waals surface area (Å²) in [5.41, 5.74) is 0. The van der Waals surface area contributed by atoms with Crippen LogP contribution in [0, 0.1) is 25.0 Å². The van der Waals surface area contributed by atoms with Gasteiger partial charge in [-0.2, -0.15) is 11.8 Å². The average molecular weight is 98.2 g/mol. The van der Waals surface area contributed by atoms with Crippen LogP contribution in [0.5, 0.6) is 0 Å². The molecule has 0 spiro atoms. The van der Waals surface area contributed by atoms with E-state index in [0.29, 0.717) is 0 Å². The van der Waals surface area contributed by atoms with Crippen LogP contribution < -0.4 is 0 Å². The van der Waals surface area contributed by atoms with E-state index in [1.165, 1.54) is 11.8 Å². The quantitative estimate of drug-likeness (QED) is 0.371. The molecule has 0 aliphatic rings. The van der Waals surface area contributed by atoms with E-state index in [9.17, 15) is 0 Å². The zero-order valence-corrected chi connectivity index (χ0v) is 4.29. The zero-order chi connectivity index (χ0) is 4.83. The Morgan fingerprint density at radius 1 is 2.00 bits per heavy atom. The van der Waals surface area contributed by atoms with Gasteiger partial charge in [0, 0.05) is 18.4 Å². The third-order valence-electron chi connectivity index (χ3n) is 0.319. The van der Waals surface area contributed by atoms with Gasteiger partial charge in [-0.15, -0.1) is 12.3 Å². The summed E-state index contributed by atoms with van der Waals surface area (Å²) in [5, 5.41) is 0. The van der Waals surface area contributed by atoms with Crippen LogP contribution in [-0.4, -0.2) is 5.75 Å². The first-order valence-electron chi connectivity index (χ1n) is 1.56. The van der Waals surface area contributed by atoms with Crippen LogP contribution in [0.2, 0.25) is 0 Å². The van der Waals surface area contributed by atoms with E-state index in [4.69, 9.17) is 6.42 Å². The van der Waals surface area contributed by atoms with Gasteiger partial charge >= 0.3 is 0 Å². The van der Waals surface area contributed by atoms with Crippen molar-refractivity contribution in [3.63, 3.8) is 0 Å². The molecular formula is C5H6S. The molecule has 0 unspecified atom stereocenters. The lowest BCUT2D eigenvalue weighted by Gasteiger charge is -1.79. The van der Waals surface area contributed by atoms with Crippen LogP contribution in [-0.2, 0) is 0 Å². The van der Waals surface area contributed by atoms with E-state index in [1.807, 2.05) is 0 Å². The van der Waals surface area contributed by atoms with Crippen LogP contribution in [0.1, 0.15) is 0 Å². The number of hydrogen-bond acceptors (Lipinski definition) is 1. The standard InChI is InChI=1S/C5H6S/c1-3-4-5-6-2/h1,4H,2,5H2. The van der Waals surface area contributed by atoms with Crippen LogP contribution >= 0.6 is 11.8 Å². The summed E-state index contributed by atoms with van der Waals surface area (Å²) >= 11 is 1.48. The van der Waals surface area contributed by atoms with Gasteiger partial charge in [-0.1, -0.05) is 0 Å². The topological polar surface area (TPSA) is 0 Å². The summed E-state index contributed by atoms with van der Waals surface area (Å²) in [5.74, 6) is 3.24. The third-order valence-corrected chi connectivity index (χ3v) is 0.721. The van der Waals surface area contributed by atoms with Crippen molar-refractivity contribution in [3.05, 3.63) is 12.7 Å². The van der Waals surface area contributed by atoms with Gasteiger partial charge in [-0.3, -0.25) is 0 Å². The van der Waals surface area contributed by atoms with Gasteiger partial charge in [0.2, 0.25) is 0 Å². The minimum absolute atomic E-state index is 0.858. The van der Waals surface area contributed by atoms with E-state index in [2.05, 4.69) is 12.2 Å². The number of hydrogen-bond donors (Lipinski definition) is 0. The molecule has 0 aliphatic heterocycles. The number of thioether (sulfide) groups is 1. The summed E-state index contributed by atoms with van der Waals surface area (Å²) in [6, 6.07) is 0. The molecule has 0 saturated heterocycles. The highest BCUT2D eigenvalue weighted by Crippen LogP contribution is 1.93. The third kappa shape index (κ3) is 3.91. The largest absolute Gasteiger partial charge is 0.160 e. The van der Waals surface area contributed by atoms with E-state index < -0.39 is 0 Å². The lowest BCUT2D eigenvalue weighted by Crippen LogP contribution is -1.68. The minimum atomic E-state index is 0.858. The Hall–Kier alpha value is -0.0900. The van der Waals surface area contributed by atoms with Crippen molar-refractivity contribution in [3.8, 4) is 12.3 Å². The molecule has 0 aromatic heterocycles. The molecule has 0 bridgehead atoms. The highest BCUT2D eigenvalue weighted by Gasteiger charge is 1.72. The van der Waals surface area contributed by atoms with Crippen molar-refractivity contribution in [2.45, 2.75) is 0 Å². The van der Waals surface area contributed by atoms with Crippen molar-refractivity contribution < 1.29 is 0 Å². The predicted octanol–water partition coefficient (Wildman–Crippen LogP) is 1.35. The molecule has 2 radical (unpaired) electrons. The molecule has 0 N–H and O–H groups in total. The molecule has 0 aliphatic carbocycles. The summed E-state index contributed by atoms with van der Waals surface area (Å²) in [4.78, 5) is 0. The molecule has 0 aromatic carbocycles. The highest BCUT2D eigenvalue weighted by molar-refractivity contribution is 8.00. The maximum atomic E-state index is 4.87. The maximum absolute atomic E-state index is 4.87. The molecule has 0 amide bonds. The average Bonchev–Trinajstić information content (AvgIpc) is 1.61. The Bertz CT molecular complexity index is 51.4. The second kappa shape index (κ2) is 4.91. The van der Waals surface area contributed by atoms with Gasteiger partial charge in [0.15, 0.2) is 0 Å². The van der Waals surface area contributed by atoms with Crippen LogP contribution in [0.4, 0.5) is 0 Å². The molecule has 0 aromatic rings. The molecule has 1 heteroatoms. The van der Waals surface area contributed by atoms with E-state index in [0.717, 1.165) is 5.75 Å². The second-order valence-electron chi connectivity index (χ2n) is 0.742. The smallest absolute Gasteiger partial charge is 0.0436 e. The van der Waals surface area contributed by atoms with E-state index >= 15 is 0 Å². The number of terminal acetylenes is 1. The molecular weight excluding hydrogens is 92.1 g/mol. The Morgan fingerprint density at radius 2 is 2.67 bits per heavy atom. The fourth-order valence-electron chi connectivity index (χ4n) is 0.107. The predicted molar refractivity (Wildman–Crippen MR) is 30.9 cm³/mol. The second-order valence-corrected chi connectivity index (χ2v) is 1.48. The van der Waals surface area contributed by atoms with Crippen molar-refractivity contribution in [1.29, 1.82) is 0 Å². The first-order valence-corrected chi connectivity index (χ1v) is 2.72. The Morgan fingerprint density at radius 3 is 2.83 bits per heavy atom. The van der Waals surface area contributed by atoms with Gasteiger partial charge in [-0.25, -0.2) is 0 Å². The lowest BCUT2D eigenvalue weighted by atomic mass is 10.5. The highest BCUT2D eigenvalue weighted by atomic mass is 32.2.